The first kappa shape index (κ1) is 27.0. The number of thiophene rings is 1. The van der Waals surface area contributed by atoms with Gasteiger partial charge in [0.2, 0.25) is 5.91 Å². The number of ether oxygens (including phenoxy) is 2. The first-order valence-electron chi connectivity index (χ1n) is 10.8. The van der Waals surface area contributed by atoms with Gasteiger partial charge in [-0.25, -0.2) is 4.79 Å². The highest BCUT2D eigenvalue weighted by molar-refractivity contribution is 7.99. The number of hydrogen-bond donors (Lipinski definition) is 2. The normalized spacial score (nSPS) is 10.7. The molecule has 0 aliphatic rings. The Morgan fingerprint density at radius 3 is 2.64 bits per heavy atom. The zero-order valence-corrected chi connectivity index (χ0v) is 22.0. The second-order valence-electron chi connectivity index (χ2n) is 7.81. The predicted molar refractivity (Wildman–Crippen MR) is 139 cm³/mol. The number of aromatic nitrogens is 3. The third kappa shape index (κ3) is 6.13. The number of nitrogens with zero attached hydrogens (tertiary/aromatic N) is 3. The van der Waals surface area contributed by atoms with E-state index in [0.29, 0.717) is 23.1 Å². The molecule has 0 atom stereocenters. The summed E-state index contributed by atoms with van der Waals surface area (Å²) < 4.78 is 12.5. The number of benzene rings is 1. The van der Waals surface area contributed by atoms with Crippen LogP contribution in [0.15, 0.2) is 36.0 Å². The van der Waals surface area contributed by atoms with Gasteiger partial charge in [0.25, 0.3) is 5.91 Å². The molecule has 0 radical (unpaired) electrons. The summed E-state index contributed by atoms with van der Waals surface area (Å²) in [4.78, 5) is 36.8. The van der Waals surface area contributed by atoms with Crippen molar-refractivity contribution in [2.75, 3.05) is 18.2 Å². The van der Waals surface area contributed by atoms with Gasteiger partial charge in [0.05, 0.1) is 23.3 Å². The number of anilines is 1. The first-order chi connectivity index (χ1) is 17.2. The van der Waals surface area contributed by atoms with Gasteiger partial charge >= 0.3 is 5.97 Å². The number of allylic oxidation sites excluding steroid dienone is 1. The van der Waals surface area contributed by atoms with E-state index in [9.17, 15) is 14.4 Å². The topological polar surface area (TPSA) is 138 Å². The average molecular weight is 530 g/mol. The lowest BCUT2D eigenvalue weighted by Gasteiger charge is -2.11. The number of hydrogen-bond acceptors (Lipinski definition) is 9. The molecule has 0 saturated carbocycles. The zero-order valence-electron chi connectivity index (χ0n) is 20.4. The summed E-state index contributed by atoms with van der Waals surface area (Å²) in [7, 11) is 1.22. The standard InChI is InChI=1S/C24H27N5O5S2/c1-6-9-29-17(11-34-16-8-7-13(2)10-14(16)3)27-28-24(29)35-12-18(30)26-22-19(23(32)33-5)15(4)20(36-22)21(25)31/h6-8,10H,1,9,11-12H2,2-5H3,(H2,25,31)(H,26,30). The van der Waals surface area contributed by atoms with Crippen molar-refractivity contribution in [3.8, 4) is 5.75 Å². The summed E-state index contributed by atoms with van der Waals surface area (Å²) >= 11 is 2.10. The summed E-state index contributed by atoms with van der Waals surface area (Å²) in [5.74, 6) is -0.430. The Morgan fingerprint density at radius 2 is 2.00 bits per heavy atom. The van der Waals surface area contributed by atoms with Gasteiger partial charge in [0.1, 0.15) is 17.4 Å². The highest BCUT2D eigenvalue weighted by Gasteiger charge is 2.25. The Kier molecular flexibility index (Phi) is 8.88. The Bertz CT molecular complexity index is 1310. The molecule has 3 rings (SSSR count). The molecule has 0 spiro atoms. The Morgan fingerprint density at radius 1 is 1.25 bits per heavy atom. The molecular formula is C24H27N5O5S2. The number of rotatable bonds is 11. The SMILES string of the molecule is C=CCn1c(COc2ccc(C)cc2C)nnc1SCC(=O)Nc1sc(C(N)=O)c(C)c1C(=O)OC. The average Bonchev–Trinajstić information content (AvgIpc) is 3.37. The number of primary amides is 1. The number of amides is 2. The van der Waals surface area contributed by atoms with Gasteiger partial charge in [-0.1, -0.05) is 35.5 Å². The van der Waals surface area contributed by atoms with Crippen molar-refractivity contribution in [1.29, 1.82) is 0 Å². The molecule has 190 valence electrons. The number of esters is 1. The third-order valence-electron chi connectivity index (χ3n) is 5.14. The second-order valence-corrected chi connectivity index (χ2v) is 9.77. The molecule has 2 aromatic heterocycles. The highest BCUT2D eigenvalue weighted by atomic mass is 32.2. The number of nitrogens with two attached hydrogens (primary N) is 1. The van der Waals surface area contributed by atoms with E-state index >= 15 is 0 Å². The van der Waals surface area contributed by atoms with Crippen LogP contribution in [-0.2, 0) is 22.7 Å². The molecule has 0 bridgehead atoms. The maximum absolute atomic E-state index is 12.7. The monoisotopic (exact) mass is 529 g/mol. The molecule has 1 aromatic carbocycles. The lowest BCUT2D eigenvalue weighted by molar-refractivity contribution is -0.113. The smallest absolute Gasteiger partial charge is 0.341 e. The summed E-state index contributed by atoms with van der Waals surface area (Å²) in [5.41, 5.74) is 8.03. The largest absolute Gasteiger partial charge is 0.485 e. The molecule has 0 unspecified atom stereocenters. The number of carbonyl (C=O) groups excluding carboxylic acids is 3. The van der Waals surface area contributed by atoms with Gasteiger partial charge < -0.3 is 20.5 Å². The lowest BCUT2D eigenvalue weighted by atomic mass is 10.1. The molecule has 0 aliphatic carbocycles. The van der Waals surface area contributed by atoms with E-state index in [-0.39, 0.29) is 27.8 Å². The molecule has 0 saturated heterocycles. The van der Waals surface area contributed by atoms with Crippen LogP contribution in [0.1, 0.15) is 42.5 Å². The van der Waals surface area contributed by atoms with Gasteiger partial charge in [0.15, 0.2) is 11.0 Å². The fraction of sp³-hybridized carbons (Fsp3) is 0.292. The van der Waals surface area contributed by atoms with E-state index in [2.05, 4.69) is 22.1 Å². The maximum Gasteiger partial charge on any atom is 0.341 e. The summed E-state index contributed by atoms with van der Waals surface area (Å²) in [6, 6.07) is 5.93. The maximum atomic E-state index is 12.7. The number of methoxy groups -OCH3 is 1. The Balaban J connectivity index is 1.71. The van der Waals surface area contributed by atoms with Crippen LogP contribution in [-0.4, -0.2) is 45.4 Å². The summed E-state index contributed by atoms with van der Waals surface area (Å²) in [6.45, 7) is 9.98. The molecular weight excluding hydrogens is 502 g/mol. The number of aryl methyl sites for hydroxylation is 2. The number of carbonyl (C=O) groups is 3. The quantitative estimate of drug-likeness (QED) is 0.218. The summed E-state index contributed by atoms with van der Waals surface area (Å²) in [5, 5.41) is 11.8. The minimum absolute atomic E-state index is 0.0172. The van der Waals surface area contributed by atoms with Gasteiger partial charge in [0, 0.05) is 6.54 Å². The molecule has 2 amide bonds. The molecule has 36 heavy (non-hydrogen) atoms. The van der Waals surface area contributed by atoms with Crippen LogP contribution in [0.25, 0.3) is 0 Å². The van der Waals surface area contributed by atoms with Crippen LogP contribution in [0.4, 0.5) is 5.00 Å². The fourth-order valence-electron chi connectivity index (χ4n) is 3.43. The minimum Gasteiger partial charge on any atom is -0.485 e. The van der Waals surface area contributed by atoms with E-state index in [4.69, 9.17) is 15.2 Å². The van der Waals surface area contributed by atoms with Crippen LogP contribution in [0, 0.1) is 20.8 Å². The molecule has 3 aromatic rings. The van der Waals surface area contributed by atoms with Crippen molar-refractivity contribution in [3.63, 3.8) is 0 Å². The van der Waals surface area contributed by atoms with Crippen LogP contribution in [0.5, 0.6) is 5.75 Å². The minimum atomic E-state index is -0.689. The molecule has 2 heterocycles. The van der Waals surface area contributed by atoms with Crippen LogP contribution < -0.4 is 15.8 Å². The van der Waals surface area contributed by atoms with E-state index in [0.717, 1.165) is 28.2 Å². The zero-order chi connectivity index (χ0) is 26.4. The van der Waals surface area contributed by atoms with Gasteiger partial charge in [-0.3, -0.25) is 14.2 Å². The third-order valence-corrected chi connectivity index (χ3v) is 7.33. The Labute approximate surface area is 216 Å². The number of nitrogens with one attached hydrogen (secondary N) is 1. The van der Waals surface area contributed by atoms with E-state index in [1.54, 1.807) is 13.0 Å². The van der Waals surface area contributed by atoms with Crippen molar-refractivity contribution < 1.29 is 23.9 Å². The second kappa shape index (κ2) is 11.9. The fourth-order valence-corrected chi connectivity index (χ4v) is 5.26. The van der Waals surface area contributed by atoms with E-state index < -0.39 is 17.8 Å². The van der Waals surface area contributed by atoms with Gasteiger partial charge in [-0.2, -0.15) is 0 Å². The van der Waals surface area contributed by atoms with Crippen LogP contribution in [0.3, 0.4) is 0 Å². The van der Waals surface area contributed by atoms with Crippen LogP contribution in [0.2, 0.25) is 0 Å². The molecule has 10 nitrogen and oxygen atoms in total. The van der Waals surface area contributed by atoms with E-state index in [1.165, 1.54) is 18.9 Å². The van der Waals surface area contributed by atoms with Crippen LogP contribution >= 0.6 is 23.1 Å². The van der Waals surface area contributed by atoms with Crippen molar-refractivity contribution in [3.05, 3.63) is 63.8 Å². The molecule has 0 aliphatic heterocycles. The summed E-state index contributed by atoms with van der Waals surface area (Å²) in [6.07, 6.45) is 1.70. The first-order valence-corrected chi connectivity index (χ1v) is 12.6. The lowest BCUT2D eigenvalue weighted by Crippen LogP contribution is -2.16. The Hall–Kier alpha value is -3.64. The molecule has 3 N–H and O–H groups in total. The predicted octanol–water partition coefficient (Wildman–Crippen LogP) is 3.65. The van der Waals surface area contributed by atoms with Gasteiger partial charge in [-0.05, 0) is 38.0 Å². The van der Waals surface area contributed by atoms with E-state index in [1.807, 2.05) is 36.6 Å². The highest BCUT2D eigenvalue weighted by Crippen LogP contribution is 2.33. The molecule has 0 fully saturated rings. The van der Waals surface area contributed by atoms with Crippen molar-refractivity contribution >= 4 is 45.9 Å². The molecule has 12 heteroatoms. The van der Waals surface area contributed by atoms with Crippen molar-refractivity contribution in [2.45, 2.75) is 39.1 Å². The number of thioether (sulfide) groups is 1. The van der Waals surface area contributed by atoms with Crippen molar-refractivity contribution in [1.82, 2.24) is 14.8 Å². The van der Waals surface area contributed by atoms with Crippen molar-refractivity contribution in [2.24, 2.45) is 5.73 Å². The van der Waals surface area contributed by atoms with Gasteiger partial charge in [-0.15, -0.1) is 28.1 Å².